The highest BCUT2D eigenvalue weighted by Crippen LogP contribution is 2.21. The Labute approximate surface area is 172 Å². The van der Waals surface area contributed by atoms with Crippen LogP contribution in [-0.4, -0.2) is 47.6 Å². The number of hydrogen-bond acceptors (Lipinski definition) is 5. The number of rotatable bonds is 9. The molecule has 0 spiro atoms. The average molecular weight is 405 g/mol. The van der Waals surface area contributed by atoms with Gasteiger partial charge in [0.1, 0.15) is 18.2 Å². The van der Waals surface area contributed by atoms with Gasteiger partial charge in [-0.05, 0) is 52.0 Å². The molecule has 0 unspecified atom stereocenters. The third kappa shape index (κ3) is 8.13. The van der Waals surface area contributed by atoms with Gasteiger partial charge >= 0.3 is 12.1 Å². The Morgan fingerprint density at radius 2 is 1.90 bits per heavy atom. The predicted molar refractivity (Wildman–Crippen MR) is 109 cm³/mol. The van der Waals surface area contributed by atoms with Crippen molar-refractivity contribution in [2.24, 2.45) is 0 Å². The Morgan fingerprint density at radius 1 is 1.17 bits per heavy atom. The third-order valence-corrected chi connectivity index (χ3v) is 4.55. The number of benzene rings is 1. The first-order valence-electron chi connectivity index (χ1n) is 10.2. The fourth-order valence-corrected chi connectivity index (χ4v) is 3.20. The Morgan fingerprint density at radius 3 is 2.52 bits per heavy atom. The maximum atomic E-state index is 12.6. The van der Waals surface area contributed by atoms with Gasteiger partial charge in [-0.15, -0.1) is 0 Å². The van der Waals surface area contributed by atoms with Crippen LogP contribution in [0.2, 0.25) is 0 Å². The average Bonchev–Trinajstić information content (AvgIpc) is 3.08. The van der Waals surface area contributed by atoms with Gasteiger partial charge in [0.15, 0.2) is 0 Å². The molecule has 1 aromatic rings. The molecule has 160 valence electrons. The van der Waals surface area contributed by atoms with Crippen molar-refractivity contribution >= 4 is 18.0 Å². The fourth-order valence-electron chi connectivity index (χ4n) is 3.20. The van der Waals surface area contributed by atoms with Crippen LogP contribution in [0, 0.1) is 0 Å². The first-order valence-corrected chi connectivity index (χ1v) is 10.2. The smallest absolute Gasteiger partial charge is 0.407 e. The van der Waals surface area contributed by atoms with E-state index in [1.807, 2.05) is 51.1 Å². The van der Waals surface area contributed by atoms with Gasteiger partial charge in [0.2, 0.25) is 5.91 Å². The molecule has 0 aliphatic carbocycles. The Balaban J connectivity index is 1.72. The molecule has 0 aromatic heterocycles. The van der Waals surface area contributed by atoms with E-state index in [2.05, 4.69) is 5.32 Å². The van der Waals surface area contributed by atoms with Crippen LogP contribution in [-0.2, 0) is 25.7 Å². The van der Waals surface area contributed by atoms with Crippen molar-refractivity contribution in [1.82, 2.24) is 10.2 Å². The standard InChI is InChI=1S/C22H32N2O5/c1-22(2,3)29-20(26)18(24-15-9-13-19(24)25)12-7-8-14-23-21(27)28-16-17-10-5-4-6-11-17/h4-6,10-11,18H,7-9,12-16H2,1-3H3,(H,23,27)/t18-/m0/s1. The molecule has 29 heavy (non-hydrogen) atoms. The largest absolute Gasteiger partial charge is 0.458 e. The summed E-state index contributed by atoms with van der Waals surface area (Å²) in [4.78, 5) is 38.1. The summed E-state index contributed by atoms with van der Waals surface area (Å²) in [5.74, 6) is -0.355. The molecular weight excluding hydrogens is 372 g/mol. The lowest BCUT2D eigenvalue weighted by Crippen LogP contribution is -2.45. The van der Waals surface area contributed by atoms with E-state index in [-0.39, 0.29) is 18.5 Å². The molecule has 2 amide bonds. The third-order valence-electron chi connectivity index (χ3n) is 4.55. The number of alkyl carbamates (subject to hydrolysis) is 1. The number of nitrogens with one attached hydrogen (secondary N) is 1. The maximum Gasteiger partial charge on any atom is 0.407 e. The van der Waals surface area contributed by atoms with Crippen LogP contribution in [0.25, 0.3) is 0 Å². The lowest BCUT2D eigenvalue weighted by molar-refractivity contribution is -0.164. The molecule has 0 bridgehead atoms. The van der Waals surface area contributed by atoms with Crippen LogP contribution in [0.3, 0.4) is 0 Å². The molecule has 1 aliphatic rings. The van der Waals surface area contributed by atoms with Crippen LogP contribution in [0.1, 0.15) is 58.4 Å². The number of carbonyl (C=O) groups is 3. The van der Waals surface area contributed by atoms with E-state index >= 15 is 0 Å². The van der Waals surface area contributed by atoms with Crippen LogP contribution in [0.4, 0.5) is 4.79 Å². The first kappa shape index (κ1) is 22.7. The quantitative estimate of drug-likeness (QED) is 0.504. The molecule has 7 nitrogen and oxygen atoms in total. The monoisotopic (exact) mass is 404 g/mol. The number of ether oxygens (including phenoxy) is 2. The summed E-state index contributed by atoms with van der Waals surface area (Å²) in [7, 11) is 0. The molecule has 0 radical (unpaired) electrons. The minimum Gasteiger partial charge on any atom is -0.458 e. The number of amides is 2. The van der Waals surface area contributed by atoms with Crippen molar-refractivity contribution in [3.8, 4) is 0 Å². The maximum absolute atomic E-state index is 12.6. The summed E-state index contributed by atoms with van der Waals surface area (Å²) in [6.07, 6.45) is 2.67. The zero-order valence-electron chi connectivity index (χ0n) is 17.6. The van der Waals surface area contributed by atoms with E-state index in [4.69, 9.17) is 9.47 Å². The fraction of sp³-hybridized carbons (Fsp3) is 0.591. The highest BCUT2D eigenvalue weighted by molar-refractivity contribution is 5.85. The Bertz CT molecular complexity index is 684. The summed E-state index contributed by atoms with van der Waals surface area (Å²) in [5, 5.41) is 2.71. The first-order chi connectivity index (χ1) is 13.8. The number of carbonyl (C=O) groups excluding carboxylic acids is 3. The van der Waals surface area contributed by atoms with Crippen molar-refractivity contribution in [2.75, 3.05) is 13.1 Å². The molecule has 1 aromatic carbocycles. The van der Waals surface area contributed by atoms with Crippen molar-refractivity contribution in [2.45, 2.75) is 71.1 Å². The molecule has 7 heteroatoms. The van der Waals surface area contributed by atoms with Gasteiger partial charge in [0, 0.05) is 19.5 Å². The van der Waals surface area contributed by atoms with Crippen LogP contribution in [0.5, 0.6) is 0 Å². The number of likely N-dealkylation sites (tertiary alicyclic amines) is 1. The van der Waals surface area contributed by atoms with Gasteiger partial charge < -0.3 is 19.7 Å². The zero-order chi connectivity index (χ0) is 21.3. The lowest BCUT2D eigenvalue weighted by Gasteiger charge is -2.29. The van der Waals surface area contributed by atoms with Crippen LogP contribution in [0.15, 0.2) is 30.3 Å². The number of hydrogen-bond donors (Lipinski definition) is 1. The molecule has 1 fully saturated rings. The van der Waals surface area contributed by atoms with E-state index in [0.717, 1.165) is 12.0 Å². The van der Waals surface area contributed by atoms with Crippen LogP contribution < -0.4 is 5.32 Å². The molecule has 1 atom stereocenters. The predicted octanol–water partition coefficient (Wildman–Crippen LogP) is 3.42. The highest BCUT2D eigenvalue weighted by Gasteiger charge is 2.35. The number of unbranched alkanes of at least 4 members (excludes halogenated alkanes) is 1. The van der Waals surface area contributed by atoms with Crippen molar-refractivity contribution in [3.05, 3.63) is 35.9 Å². The zero-order valence-corrected chi connectivity index (χ0v) is 17.6. The minimum absolute atomic E-state index is 0.00322. The Kier molecular flexibility index (Phi) is 8.49. The van der Waals surface area contributed by atoms with Gasteiger partial charge in [0.25, 0.3) is 0 Å². The van der Waals surface area contributed by atoms with Gasteiger partial charge in [-0.25, -0.2) is 9.59 Å². The molecule has 2 rings (SSSR count). The van der Waals surface area contributed by atoms with E-state index in [1.165, 1.54) is 0 Å². The lowest BCUT2D eigenvalue weighted by atomic mass is 10.1. The summed E-state index contributed by atoms with van der Waals surface area (Å²) in [6.45, 7) is 6.72. The van der Waals surface area contributed by atoms with E-state index in [0.29, 0.717) is 38.8 Å². The minimum atomic E-state index is -0.595. The molecule has 1 N–H and O–H groups in total. The van der Waals surface area contributed by atoms with Gasteiger partial charge in [0.05, 0.1) is 0 Å². The van der Waals surface area contributed by atoms with Gasteiger partial charge in [-0.1, -0.05) is 30.3 Å². The van der Waals surface area contributed by atoms with Gasteiger partial charge in [-0.3, -0.25) is 4.79 Å². The SMILES string of the molecule is CC(C)(C)OC(=O)[C@H](CCCCNC(=O)OCc1ccccc1)N1CCCC1=O. The Hall–Kier alpha value is -2.57. The van der Waals surface area contributed by atoms with E-state index in [9.17, 15) is 14.4 Å². The van der Waals surface area contributed by atoms with Crippen molar-refractivity contribution in [3.63, 3.8) is 0 Å². The highest BCUT2D eigenvalue weighted by atomic mass is 16.6. The topological polar surface area (TPSA) is 84.9 Å². The second-order valence-electron chi connectivity index (χ2n) is 8.22. The van der Waals surface area contributed by atoms with E-state index in [1.54, 1.807) is 4.90 Å². The summed E-state index contributed by atoms with van der Waals surface area (Å²) in [5.41, 5.74) is 0.334. The second kappa shape index (κ2) is 10.8. The molecule has 1 saturated heterocycles. The number of esters is 1. The van der Waals surface area contributed by atoms with Crippen molar-refractivity contribution < 1.29 is 23.9 Å². The molecular formula is C22H32N2O5. The van der Waals surface area contributed by atoms with E-state index < -0.39 is 17.7 Å². The second-order valence-corrected chi connectivity index (χ2v) is 8.22. The normalized spacial score (nSPS) is 15.1. The molecule has 0 saturated carbocycles. The summed E-state index contributed by atoms with van der Waals surface area (Å²) >= 11 is 0. The van der Waals surface area contributed by atoms with Crippen molar-refractivity contribution in [1.29, 1.82) is 0 Å². The summed E-state index contributed by atoms with van der Waals surface area (Å²) in [6, 6.07) is 8.91. The van der Waals surface area contributed by atoms with Crippen LogP contribution >= 0.6 is 0 Å². The molecule has 1 heterocycles. The van der Waals surface area contributed by atoms with Gasteiger partial charge in [-0.2, -0.15) is 0 Å². The summed E-state index contributed by atoms with van der Waals surface area (Å²) < 4.78 is 10.7. The molecule has 1 aliphatic heterocycles. The number of nitrogens with zero attached hydrogens (tertiary/aromatic N) is 1.